The number of anilines is 1. The number of ether oxygens (including phenoxy) is 2. The minimum atomic E-state index is -0.517. The van der Waals surface area contributed by atoms with Crippen molar-refractivity contribution in [3.63, 3.8) is 0 Å². The highest BCUT2D eigenvalue weighted by Crippen LogP contribution is 2.28. The molecule has 1 aromatic rings. The van der Waals surface area contributed by atoms with Gasteiger partial charge < -0.3 is 20.5 Å². The second-order valence-corrected chi connectivity index (χ2v) is 3.97. The summed E-state index contributed by atoms with van der Waals surface area (Å²) in [6.45, 7) is 1.71. The molecule has 6 nitrogen and oxygen atoms in total. The van der Waals surface area contributed by atoms with E-state index in [0.29, 0.717) is 5.69 Å². The molecular weight excluding hydrogens is 272 g/mol. The lowest BCUT2D eigenvalue weighted by atomic mass is 10.1. The summed E-state index contributed by atoms with van der Waals surface area (Å²) in [6, 6.07) is 2.83. The third-order valence-electron chi connectivity index (χ3n) is 2.26. The number of rotatable bonds is 5. The Bertz CT molecular complexity index is 491. The van der Waals surface area contributed by atoms with E-state index in [9.17, 15) is 9.59 Å². The number of esters is 1. The summed E-state index contributed by atoms with van der Waals surface area (Å²) in [6.07, 6.45) is 0. The fourth-order valence-corrected chi connectivity index (χ4v) is 1.54. The van der Waals surface area contributed by atoms with E-state index >= 15 is 0 Å². The molecule has 0 unspecified atom stereocenters. The van der Waals surface area contributed by atoms with E-state index in [1.54, 1.807) is 6.92 Å². The number of carbonyl (C=O) groups excluding carboxylic acids is 2. The topological polar surface area (TPSA) is 90.7 Å². The van der Waals surface area contributed by atoms with E-state index in [0.717, 1.165) is 0 Å². The van der Waals surface area contributed by atoms with Gasteiger partial charge in [0.25, 0.3) is 5.91 Å². The van der Waals surface area contributed by atoms with E-state index in [4.69, 9.17) is 26.8 Å². The lowest BCUT2D eigenvalue weighted by molar-refractivity contribution is -0.141. The van der Waals surface area contributed by atoms with Gasteiger partial charge in [-0.25, -0.2) is 0 Å². The predicted octanol–water partition coefficient (Wildman–Crippen LogP) is 1.22. The van der Waals surface area contributed by atoms with E-state index in [2.05, 4.69) is 5.32 Å². The van der Waals surface area contributed by atoms with Crippen molar-refractivity contribution in [1.29, 1.82) is 0 Å². The first-order chi connectivity index (χ1) is 8.99. The SMILES string of the molecule is CCOC(=O)CNC(=O)c1cc(Cl)c(N)cc1OC. The van der Waals surface area contributed by atoms with Crippen LogP contribution in [0.15, 0.2) is 12.1 Å². The molecular formula is C12H15ClN2O4. The Morgan fingerprint density at radius 3 is 2.68 bits per heavy atom. The van der Waals surface area contributed by atoms with Gasteiger partial charge in [-0.05, 0) is 13.0 Å². The number of hydrogen-bond acceptors (Lipinski definition) is 5. The minimum Gasteiger partial charge on any atom is -0.496 e. The molecule has 7 heteroatoms. The number of hydrogen-bond donors (Lipinski definition) is 2. The molecule has 104 valence electrons. The standard InChI is InChI=1S/C12H15ClN2O4/c1-3-19-11(16)6-15-12(17)7-4-8(13)9(14)5-10(7)18-2/h4-5H,3,6,14H2,1-2H3,(H,15,17). The van der Waals surface area contributed by atoms with Crippen LogP contribution in [0.5, 0.6) is 5.75 Å². The van der Waals surface area contributed by atoms with Crippen LogP contribution in [0.1, 0.15) is 17.3 Å². The summed E-state index contributed by atoms with van der Waals surface area (Å²) in [5.41, 5.74) is 6.12. The molecule has 0 aromatic heterocycles. The summed E-state index contributed by atoms with van der Waals surface area (Å²) in [5.74, 6) is -0.730. The lowest BCUT2D eigenvalue weighted by Gasteiger charge is -2.11. The van der Waals surface area contributed by atoms with Crippen LogP contribution >= 0.6 is 11.6 Å². The van der Waals surface area contributed by atoms with Gasteiger partial charge >= 0.3 is 5.97 Å². The molecule has 0 heterocycles. The van der Waals surface area contributed by atoms with Crippen LogP contribution in [0, 0.1) is 0 Å². The zero-order valence-corrected chi connectivity index (χ0v) is 11.4. The van der Waals surface area contributed by atoms with Gasteiger partial charge in [0.1, 0.15) is 12.3 Å². The first kappa shape index (κ1) is 15.1. The fraction of sp³-hybridized carbons (Fsp3) is 0.333. The number of benzene rings is 1. The number of nitrogen functional groups attached to an aromatic ring is 1. The summed E-state index contributed by atoms with van der Waals surface area (Å²) in [5, 5.41) is 2.65. The van der Waals surface area contributed by atoms with Crippen molar-refractivity contribution in [2.75, 3.05) is 26.0 Å². The first-order valence-corrected chi connectivity index (χ1v) is 5.94. The first-order valence-electron chi connectivity index (χ1n) is 5.56. The van der Waals surface area contributed by atoms with Crippen LogP contribution in [0.3, 0.4) is 0 Å². The van der Waals surface area contributed by atoms with Crippen LogP contribution in [-0.4, -0.2) is 32.1 Å². The molecule has 0 saturated carbocycles. The van der Waals surface area contributed by atoms with Gasteiger partial charge in [0, 0.05) is 6.07 Å². The van der Waals surface area contributed by atoms with Crippen molar-refractivity contribution < 1.29 is 19.1 Å². The number of methoxy groups -OCH3 is 1. The Morgan fingerprint density at radius 1 is 1.42 bits per heavy atom. The molecule has 0 atom stereocenters. The molecule has 0 aliphatic heterocycles. The van der Waals surface area contributed by atoms with Gasteiger partial charge in [0.15, 0.2) is 0 Å². The third kappa shape index (κ3) is 4.03. The number of nitrogens with two attached hydrogens (primary N) is 1. The van der Waals surface area contributed by atoms with Crippen molar-refractivity contribution in [2.24, 2.45) is 0 Å². The average Bonchev–Trinajstić information content (AvgIpc) is 2.39. The van der Waals surface area contributed by atoms with Crippen LogP contribution in [0.4, 0.5) is 5.69 Å². The second kappa shape index (κ2) is 6.84. The Labute approximate surface area is 115 Å². The minimum absolute atomic E-state index is 0.200. The van der Waals surface area contributed by atoms with E-state index in [1.807, 2.05) is 0 Å². The molecule has 0 fully saturated rings. The molecule has 0 saturated heterocycles. The van der Waals surface area contributed by atoms with Gasteiger partial charge in [-0.2, -0.15) is 0 Å². The number of amides is 1. The molecule has 0 aliphatic carbocycles. The van der Waals surface area contributed by atoms with Crippen LogP contribution < -0.4 is 15.8 Å². The Kier molecular flexibility index (Phi) is 5.44. The fourth-order valence-electron chi connectivity index (χ4n) is 1.38. The summed E-state index contributed by atoms with van der Waals surface area (Å²) in [7, 11) is 1.41. The Hall–Kier alpha value is -1.95. The predicted molar refractivity (Wildman–Crippen MR) is 71.4 cm³/mol. The zero-order valence-electron chi connectivity index (χ0n) is 10.7. The van der Waals surface area contributed by atoms with Crippen LogP contribution in [0.25, 0.3) is 0 Å². The third-order valence-corrected chi connectivity index (χ3v) is 2.59. The van der Waals surface area contributed by atoms with Gasteiger partial charge in [0.05, 0.1) is 30.0 Å². The van der Waals surface area contributed by atoms with Gasteiger partial charge in [-0.3, -0.25) is 9.59 Å². The van der Waals surface area contributed by atoms with Gasteiger partial charge in [0.2, 0.25) is 0 Å². The molecule has 1 amide bonds. The summed E-state index contributed by atoms with van der Waals surface area (Å²) in [4.78, 5) is 23.0. The van der Waals surface area contributed by atoms with Crippen LogP contribution in [-0.2, 0) is 9.53 Å². The smallest absolute Gasteiger partial charge is 0.325 e. The zero-order chi connectivity index (χ0) is 14.4. The quantitative estimate of drug-likeness (QED) is 0.627. The summed E-state index contributed by atoms with van der Waals surface area (Å²) >= 11 is 5.85. The second-order valence-electron chi connectivity index (χ2n) is 3.56. The Morgan fingerprint density at radius 2 is 2.11 bits per heavy atom. The Balaban J connectivity index is 2.82. The molecule has 0 bridgehead atoms. The molecule has 3 N–H and O–H groups in total. The summed E-state index contributed by atoms with van der Waals surface area (Å²) < 4.78 is 9.74. The van der Waals surface area contributed by atoms with E-state index in [1.165, 1.54) is 19.2 Å². The van der Waals surface area contributed by atoms with Gasteiger partial charge in [-0.1, -0.05) is 11.6 Å². The maximum Gasteiger partial charge on any atom is 0.325 e. The van der Waals surface area contributed by atoms with Crippen LogP contribution in [0.2, 0.25) is 5.02 Å². The molecule has 0 radical (unpaired) electrons. The molecule has 1 aromatic carbocycles. The average molecular weight is 287 g/mol. The highest BCUT2D eigenvalue weighted by atomic mass is 35.5. The maximum atomic E-state index is 11.9. The van der Waals surface area contributed by atoms with Crippen molar-refractivity contribution >= 4 is 29.2 Å². The van der Waals surface area contributed by atoms with Crippen molar-refractivity contribution in [3.8, 4) is 5.75 Å². The van der Waals surface area contributed by atoms with Crippen molar-refractivity contribution in [2.45, 2.75) is 6.92 Å². The largest absolute Gasteiger partial charge is 0.496 e. The van der Waals surface area contributed by atoms with E-state index < -0.39 is 11.9 Å². The van der Waals surface area contributed by atoms with Gasteiger partial charge in [-0.15, -0.1) is 0 Å². The number of halogens is 1. The molecule has 1 rings (SSSR count). The monoisotopic (exact) mass is 286 g/mol. The van der Waals surface area contributed by atoms with Crippen molar-refractivity contribution in [1.82, 2.24) is 5.32 Å². The van der Waals surface area contributed by atoms with E-state index in [-0.39, 0.29) is 29.5 Å². The highest BCUT2D eigenvalue weighted by Gasteiger charge is 2.15. The number of carbonyl (C=O) groups is 2. The number of nitrogens with one attached hydrogen (secondary N) is 1. The van der Waals surface area contributed by atoms with Crippen molar-refractivity contribution in [3.05, 3.63) is 22.7 Å². The lowest BCUT2D eigenvalue weighted by Crippen LogP contribution is -2.30. The highest BCUT2D eigenvalue weighted by molar-refractivity contribution is 6.33. The maximum absolute atomic E-state index is 11.9. The normalized spacial score (nSPS) is 9.84. The molecule has 19 heavy (non-hydrogen) atoms. The molecule has 0 spiro atoms. The molecule has 0 aliphatic rings.